The molecular formula is C25H31FN6O4. The number of nitrogens with one attached hydrogen (secondary N) is 1. The highest BCUT2D eigenvalue weighted by Crippen LogP contribution is 2.35. The van der Waals surface area contributed by atoms with Gasteiger partial charge in [-0.1, -0.05) is 0 Å². The molecule has 36 heavy (non-hydrogen) atoms. The summed E-state index contributed by atoms with van der Waals surface area (Å²) in [4.78, 5) is 34.7. The lowest BCUT2D eigenvalue weighted by molar-refractivity contribution is 0.0505. The molecule has 1 aliphatic heterocycles. The molecule has 0 bridgehead atoms. The molecule has 0 aliphatic carbocycles. The van der Waals surface area contributed by atoms with E-state index < -0.39 is 23.5 Å². The summed E-state index contributed by atoms with van der Waals surface area (Å²) in [6.07, 6.45) is 5.62. The van der Waals surface area contributed by atoms with Gasteiger partial charge in [-0.05, 0) is 65.5 Å². The number of nitrogens with zero attached hydrogens (tertiary/aromatic N) is 5. The molecule has 192 valence electrons. The molecule has 0 radical (unpaired) electrons. The van der Waals surface area contributed by atoms with Crippen LogP contribution in [0.2, 0.25) is 0 Å². The normalized spacial score (nSPS) is 15.0. The lowest BCUT2D eigenvalue weighted by Crippen LogP contribution is -2.38. The first-order chi connectivity index (χ1) is 16.9. The van der Waals surface area contributed by atoms with Crippen LogP contribution in [0.1, 0.15) is 74.3 Å². The summed E-state index contributed by atoms with van der Waals surface area (Å²) < 4.78 is 21.1. The van der Waals surface area contributed by atoms with E-state index in [1.54, 1.807) is 27.0 Å². The summed E-state index contributed by atoms with van der Waals surface area (Å²) in [5, 5.41) is 16.4. The van der Waals surface area contributed by atoms with Crippen molar-refractivity contribution in [1.82, 2.24) is 24.9 Å². The number of hydrogen-bond donors (Lipinski definition) is 2. The van der Waals surface area contributed by atoms with Gasteiger partial charge < -0.3 is 20.1 Å². The third-order valence-corrected chi connectivity index (χ3v) is 6.14. The molecule has 4 rings (SSSR count). The van der Waals surface area contributed by atoms with Crippen molar-refractivity contribution in [1.29, 1.82) is 0 Å². The topological polar surface area (TPSA) is 122 Å². The molecule has 2 unspecified atom stereocenters. The van der Waals surface area contributed by atoms with Crippen molar-refractivity contribution in [2.24, 2.45) is 0 Å². The van der Waals surface area contributed by atoms with Crippen LogP contribution in [0.5, 0.6) is 0 Å². The predicted molar refractivity (Wildman–Crippen MR) is 131 cm³/mol. The predicted octanol–water partition coefficient (Wildman–Crippen LogP) is 3.93. The number of rotatable bonds is 7. The zero-order chi connectivity index (χ0) is 26.2. The number of aromatic carboxylic acids is 1. The quantitative estimate of drug-likeness (QED) is 0.503. The molecular weight excluding hydrogens is 467 g/mol. The lowest BCUT2D eigenvalue weighted by atomic mass is 10.0. The zero-order valence-corrected chi connectivity index (χ0v) is 21.1. The summed E-state index contributed by atoms with van der Waals surface area (Å²) in [7, 11) is 0. The number of fused-ring (bicyclic) bond motifs is 2. The van der Waals surface area contributed by atoms with Crippen molar-refractivity contribution >= 4 is 23.5 Å². The van der Waals surface area contributed by atoms with Gasteiger partial charge >= 0.3 is 12.1 Å². The Morgan fingerprint density at radius 1 is 1.28 bits per heavy atom. The fraction of sp³-hybridized carbons (Fsp3) is 0.480. The number of amides is 1. The summed E-state index contributed by atoms with van der Waals surface area (Å²) in [5.41, 5.74) is 2.10. The monoisotopic (exact) mass is 498 g/mol. The average molecular weight is 499 g/mol. The molecule has 1 amide bonds. The van der Waals surface area contributed by atoms with Crippen LogP contribution in [0, 0.1) is 5.82 Å². The maximum Gasteiger partial charge on any atom is 0.407 e. The van der Waals surface area contributed by atoms with Crippen LogP contribution in [-0.4, -0.2) is 54.9 Å². The van der Waals surface area contributed by atoms with Crippen LogP contribution in [0.3, 0.4) is 0 Å². The minimum absolute atomic E-state index is 0.0249. The van der Waals surface area contributed by atoms with E-state index in [1.807, 2.05) is 18.7 Å². The van der Waals surface area contributed by atoms with Crippen molar-refractivity contribution in [3.05, 3.63) is 52.9 Å². The molecule has 0 saturated carbocycles. The molecule has 2 atom stereocenters. The highest BCUT2D eigenvalue weighted by molar-refractivity contribution is 5.94. The first kappa shape index (κ1) is 25.3. The zero-order valence-electron chi connectivity index (χ0n) is 21.1. The van der Waals surface area contributed by atoms with Gasteiger partial charge in [0.15, 0.2) is 5.65 Å². The van der Waals surface area contributed by atoms with Gasteiger partial charge in [0.05, 0.1) is 18.4 Å². The van der Waals surface area contributed by atoms with Gasteiger partial charge in [-0.25, -0.2) is 23.5 Å². The van der Waals surface area contributed by atoms with Crippen LogP contribution < -0.4 is 10.2 Å². The Morgan fingerprint density at radius 3 is 2.72 bits per heavy atom. The van der Waals surface area contributed by atoms with Crippen LogP contribution in [-0.2, 0) is 17.6 Å². The second-order valence-electron chi connectivity index (χ2n) is 10.1. The molecule has 3 aromatic heterocycles. The standard InChI is InChI=1S/C25H31FN6O4/c1-14(29-24(35)36-25(3,4)5)6-7-20-18(10-17(26)11-27-20)15(2)31-9-8-16-13-32-22(30-21(16)31)19(12-28-32)23(33)34/h10-15H,6-9H2,1-5H3,(H,29,35)(H,33,34). The SMILES string of the molecule is CC(CCc1ncc(F)cc1C(C)N1CCc2cn3ncc(C(=O)O)c3nc21)NC(=O)OC(C)(C)C. The smallest absolute Gasteiger partial charge is 0.407 e. The van der Waals surface area contributed by atoms with E-state index in [2.05, 4.69) is 20.4 Å². The number of aromatic nitrogens is 4. The van der Waals surface area contributed by atoms with Gasteiger partial charge in [-0.15, -0.1) is 0 Å². The number of aryl methyl sites for hydroxylation is 1. The molecule has 10 nitrogen and oxygen atoms in total. The Kier molecular flexibility index (Phi) is 6.83. The number of halogens is 1. The number of pyridine rings is 1. The third kappa shape index (κ3) is 5.39. The number of carboxylic acids is 1. The van der Waals surface area contributed by atoms with Gasteiger partial charge in [-0.2, -0.15) is 5.10 Å². The van der Waals surface area contributed by atoms with Crippen LogP contribution in [0.15, 0.2) is 24.7 Å². The van der Waals surface area contributed by atoms with Gasteiger partial charge in [-0.3, -0.25) is 4.98 Å². The number of anilines is 1. The first-order valence-corrected chi connectivity index (χ1v) is 11.9. The van der Waals surface area contributed by atoms with Crippen LogP contribution in [0.25, 0.3) is 5.65 Å². The summed E-state index contributed by atoms with van der Waals surface area (Å²) in [5.74, 6) is -0.874. The Morgan fingerprint density at radius 2 is 2.03 bits per heavy atom. The maximum absolute atomic E-state index is 14.3. The van der Waals surface area contributed by atoms with Crippen LogP contribution in [0.4, 0.5) is 15.0 Å². The van der Waals surface area contributed by atoms with Gasteiger partial charge in [0.1, 0.15) is 22.8 Å². The fourth-order valence-corrected chi connectivity index (χ4v) is 4.39. The van der Waals surface area contributed by atoms with E-state index in [0.29, 0.717) is 31.6 Å². The third-order valence-electron chi connectivity index (χ3n) is 6.14. The number of carbonyl (C=O) groups is 2. The second kappa shape index (κ2) is 9.71. The minimum atomic E-state index is -1.10. The molecule has 2 N–H and O–H groups in total. The van der Waals surface area contributed by atoms with E-state index in [-0.39, 0.29) is 23.3 Å². The van der Waals surface area contributed by atoms with E-state index >= 15 is 0 Å². The fourth-order valence-electron chi connectivity index (χ4n) is 4.39. The Hall–Kier alpha value is -3.76. The van der Waals surface area contributed by atoms with Gasteiger partial charge in [0.2, 0.25) is 0 Å². The van der Waals surface area contributed by atoms with Crippen molar-refractivity contribution < 1.29 is 23.8 Å². The lowest BCUT2D eigenvalue weighted by Gasteiger charge is -2.28. The Balaban J connectivity index is 1.54. The number of hydrogen-bond acceptors (Lipinski definition) is 7. The number of carboxylic acid groups (broad SMARTS) is 1. The van der Waals surface area contributed by atoms with Crippen molar-refractivity contribution in [3.8, 4) is 0 Å². The number of alkyl carbamates (subject to hydrolysis) is 1. The molecule has 11 heteroatoms. The first-order valence-electron chi connectivity index (χ1n) is 11.9. The summed E-state index contributed by atoms with van der Waals surface area (Å²) >= 11 is 0. The van der Waals surface area contributed by atoms with Crippen molar-refractivity contribution in [3.63, 3.8) is 0 Å². The summed E-state index contributed by atoms with van der Waals surface area (Å²) in [6, 6.07) is 1.05. The van der Waals surface area contributed by atoms with Gasteiger partial charge in [0, 0.05) is 30.0 Å². The van der Waals surface area contributed by atoms with E-state index in [0.717, 1.165) is 16.8 Å². The Bertz CT molecular complexity index is 1300. The highest BCUT2D eigenvalue weighted by atomic mass is 19.1. The number of carbonyl (C=O) groups excluding carboxylic acids is 1. The second-order valence-corrected chi connectivity index (χ2v) is 10.1. The molecule has 0 aromatic carbocycles. The minimum Gasteiger partial charge on any atom is -0.477 e. The molecule has 4 heterocycles. The molecule has 0 saturated heterocycles. The Labute approximate surface area is 208 Å². The van der Waals surface area contributed by atoms with Gasteiger partial charge in [0.25, 0.3) is 0 Å². The highest BCUT2D eigenvalue weighted by Gasteiger charge is 2.30. The van der Waals surface area contributed by atoms with Crippen LogP contribution >= 0.6 is 0 Å². The van der Waals surface area contributed by atoms with E-state index in [1.165, 1.54) is 23.0 Å². The maximum atomic E-state index is 14.3. The molecule has 1 aliphatic rings. The van der Waals surface area contributed by atoms with Crippen molar-refractivity contribution in [2.45, 2.75) is 71.6 Å². The van der Waals surface area contributed by atoms with Crippen molar-refractivity contribution in [2.75, 3.05) is 11.4 Å². The molecule has 0 spiro atoms. The largest absolute Gasteiger partial charge is 0.477 e. The van der Waals surface area contributed by atoms with E-state index in [9.17, 15) is 19.1 Å². The summed E-state index contributed by atoms with van der Waals surface area (Å²) in [6.45, 7) is 9.90. The molecule has 3 aromatic rings. The number of ether oxygens (including phenoxy) is 1. The van der Waals surface area contributed by atoms with E-state index in [4.69, 9.17) is 4.74 Å². The average Bonchev–Trinajstić information content (AvgIpc) is 3.38. The molecule has 0 fully saturated rings.